The molecule has 0 spiro atoms. The first-order chi connectivity index (χ1) is 6.02. The number of Topliss-reactive ketones (excluding diaryl/α,β-unsaturated/α-hetero) is 1. The molecule has 0 aliphatic heterocycles. The molecule has 1 heteroatoms. The molecule has 0 radical (unpaired) electrons. The standard InChI is InChI=1S/C12H24O/c1-10(2)6-5-7-11(3)8-9-12(4)13/h10-11H,5-9H2,1-4H3. The lowest BCUT2D eigenvalue weighted by molar-refractivity contribution is -0.117. The highest BCUT2D eigenvalue weighted by molar-refractivity contribution is 5.75. The summed E-state index contributed by atoms with van der Waals surface area (Å²) in [6.45, 7) is 8.46. The molecule has 0 aromatic rings. The van der Waals surface area contributed by atoms with Crippen LogP contribution in [0.15, 0.2) is 0 Å². The Hall–Kier alpha value is -0.330. The highest BCUT2D eigenvalue weighted by Crippen LogP contribution is 2.16. The van der Waals surface area contributed by atoms with Crippen LogP contribution in [0.3, 0.4) is 0 Å². The van der Waals surface area contributed by atoms with Gasteiger partial charge in [-0.2, -0.15) is 0 Å². The van der Waals surface area contributed by atoms with Gasteiger partial charge in [-0.3, -0.25) is 0 Å². The van der Waals surface area contributed by atoms with Gasteiger partial charge in [-0.1, -0.05) is 40.0 Å². The average molecular weight is 184 g/mol. The predicted molar refractivity (Wildman–Crippen MR) is 57.8 cm³/mol. The van der Waals surface area contributed by atoms with Crippen LogP contribution in [0.25, 0.3) is 0 Å². The minimum absolute atomic E-state index is 0.329. The summed E-state index contributed by atoms with van der Waals surface area (Å²) < 4.78 is 0. The van der Waals surface area contributed by atoms with E-state index in [0.29, 0.717) is 5.78 Å². The van der Waals surface area contributed by atoms with Gasteiger partial charge in [-0.05, 0) is 25.2 Å². The zero-order chi connectivity index (χ0) is 10.3. The van der Waals surface area contributed by atoms with Crippen molar-refractivity contribution in [2.24, 2.45) is 11.8 Å². The Kier molecular flexibility index (Phi) is 6.93. The van der Waals surface area contributed by atoms with Crippen molar-refractivity contribution < 1.29 is 4.79 Å². The maximum atomic E-state index is 10.7. The Morgan fingerprint density at radius 3 is 2.15 bits per heavy atom. The Morgan fingerprint density at radius 1 is 1.08 bits per heavy atom. The van der Waals surface area contributed by atoms with Gasteiger partial charge in [0.1, 0.15) is 5.78 Å². The van der Waals surface area contributed by atoms with Crippen molar-refractivity contribution in [1.82, 2.24) is 0 Å². The number of carbonyl (C=O) groups excluding carboxylic acids is 1. The molecule has 0 aliphatic rings. The second-order valence-electron chi connectivity index (χ2n) is 4.67. The summed E-state index contributed by atoms with van der Waals surface area (Å²) in [4.78, 5) is 10.7. The van der Waals surface area contributed by atoms with Crippen molar-refractivity contribution in [3.8, 4) is 0 Å². The zero-order valence-electron chi connectivity index (χ0n) is 9.60. The van der Waals surface area contributed by atoms with Crippen molar-refractivity contribution >= 4 is 5.78 Å². The van der Waals surface area contributed by atoms with E-state index in [-0.39, 0.29) is 0 Å². The molecule has 0 aliphatic carbocycles. The molecule has 13 heavy (non-hydrogen) atoms. The fourth-order valence-electron chi connectivity index (χ4n) is 1.47. The highest BCUT2D eigenvalue weighted by Gasteiger charge is 2.04. The van der Waals surface area contributed by atoms with Crippen LogP contribution >= 0.6 is 0 Å². The number of ketones is 1. The van der Waals surface area contributed by atoms with Gasteiger partial charge in [0.2, 0.25) is 0 Å². The quantitative estimate of drug-likeness (QED) is 0.588. The van der Waals surface area contributed by atoms with Crippen molar-refractivity contribution in [3.63, 3.8) is 0 Å². The van der Waals surface area contributed by atoms with E-state index < -0.39 is 0 Å². The van der Waals surface area contributed by atoms with Crippen LogP contribution in [0.4, 0.5) is 0 Å². The van der Waals surface area contributed by atoms with Gasteiger partial charge in [0.05, 0.1) is 0 Å². The second kappa shape index (κ2) is 7.11. The molecule has 0 aromatic heterocycles. The minimum atomic E-state index is 0.329. The van der Waals surface area contributed by atoms with Crippen LogP contribution in [0, 0.1) is 11.8 Å². The molecule has 1 unspecified atom stereocenters. The molecule has 0 saturated heterocycles. The Labute approximate surface area is 82.9 Å². The summed E-state index contributed by atoms with van der Waals surface area (Å²) in [6.07, 6.45) is 5.77. The summed E-state index contributed by atoms with van der Waals surface area (Å²) in [5.74, 6) is 1.87. The number of hydrogen-bond acceptors (Lipinski definition) is 1. The van der Waals surface area contributed by atoms with E-state index in [9.17, 15) is 4.79 Å². The Bertz CT molecular complexity index is 138. The fourth-order valence-corrected chi connectivity index (χ4v) is 1.47. The Balaban J connectivity index is 3.30. The first kappa shape index (κ1) is 12.7. The van der Waals surface area contributed by atoms with E-state index in [2.05, 4.69) is 20.8 Å². The van der Waals surface area contributed by atoms with Gasteiger partial charge < -0.3 is 4.79 Å². The molecule has 0 rings (SSSR count). The highest BCUT2D eigenvalue weighted by atomic mass is 16.1. The average Bonchev–Trinajstić information content (AvgIpc) is 2.00. The smallest absolute Gasteiger partial charge is 0.129 e. The molecule has 0 fully saturated rings. The summed E-state index contributed by atoms with van der Waals surface area (Å²) in [7, 11) is 0. The van der Waals surface area contributed by atoms with E-state index in [0.717, 1.165) is 24.7 Å². The minimum Gasteiger partial charge on any atom is -0.300 e. The molecule has 0 saturated carbocycles. The lowest BCUT2D eigenvalue weighted by Gasteiger charge is -2.10. The Morgan fingerprint density at radius 2 is 1.69 bits per heavy atom. The van der Waals surface area contributed by atoms with Crippen LogP contribution in [0.1, 0.15) is 59.8 Å². The van der Waals surface area contributed by atoms with Gasteiger partial charge in [0.25, 0.3) is 0 Å². The lowest BCUT2D eigenvalue weighted by Crippen LogP contribution is -2.00. The third kappa shape index (κ3) is 9.59. The van der Waals surface area contributed by atoms with E-state index in [1.54, 1.807) is 6.92 Å². The van der Waals surface area contributed by atoms with Crippen LogP contribution in [0.2, 0.25) is 0 Å². The number of rotatable bonds is 7. The molecule has 0 heterocycles. The number of carbonyl (C=O) groups is 1. The molecule has 0 bridgehead atoms. The summed E-state index contributed by atoms with van der Waals surface area (Å²) >= 11 is 0. The van der Waals surface area contributed by atoms with Gasteiger partial charge in [0.15, 0.2) is 0 Å². The second-order valence-corrected chi connectivity index (χ2v) is 4.67. The molecule has 0 aromatic carbocycles. The zero-order valence-corrected chi connectivity index (χ0v) is 9.60. The van der Waals surface area contributed by atoms with Crippen LogP contribution in [-0.4, -0.2) is 5.78 Å². The van der Waals surface area contributed by atoms with Gasteiger partial charge >= 0.3 is 0 Å². The molecular weight excluding hydrogens is 160 g/mol. The summed E-state index contributed by atoms with van der Waals surface area (Å²) in [5.41, 5.74) is 0. The molecule has 0 amide bonds. The third-order valence-corrected chi connectivity index (χ3v) is 2.47. The van der Waals surface area contributed by atoms with E-state index in [1.165, 1.54) is 19.3 Å². The SMILES string of the molecule is CC(=O)CCC(C)CCCC(C)C. The van der Waals surface area contributed by atoms with Crippen molar-refractivity contribution in [3.05, 3.63) is 0 Å². The van der Waals surface area contributed by atoms with Gasteiger partial charge in [-0.15, -0.1) is 0 Å². The molecular formula is C12H24O. The van der Waals surface area contributed by atoms with Crippen LogP contribution < -0.4 is 0 Å². The fraction of sp³-hybridized carbons (Fsp3) is 0.917. The summed E-state index contributed by atoms with van der Waals surface area (Å²) in [5, 5.41) is 0. The lowest BCUT2D eigenvalue weighted by atomic mass is 9.95. The molecule has 78 valence electrons. The molecule has 1 nitrogen and oxygen atoms in total. The topological polar surface area (TPSA) is 17.1 Å². The predicted octanol–water partition coefficient (Wildman–Crippen LogP) is 3.82. The molecule has 0 N–H and O–H groups in total. The van der Waals surface area contributed by atoms with Gasteiger partial charge in [0, 0.05) is 6.42 Å². The van der Waals surface area contributed by atoms with Crippen molar-refractivity contribution in [2.45, 2.75) is 59.8 Å². The first-order valence-electron chi connectivity index (χ1n) is 5.51. The van der Waals surface area contributed by atoms with Crippen molar-refractivity contribution in [2.75, 3.05) is 0 Å². The third-order valence-electron chi connectivity index (χ3n) is 2.47. The monoisotopic (exact) mass is 184 g/mol. The maximum absolute atomic E-state index is 10.7. The number of hydrogen-bond donors (Lipinski definition) is 0. The normalized spacial score (nSPS) is 13.3. The van der Waals surface area contributed by atoms with Gasteiger partial charge in [-0.25, -0.2) is 0 Å². The first-order valence-corrected chi connectivity index (χ1v) is 5.51. The largest absolute Gasteiger partial charge is 0.300 e. The maximum Gasteiger partial charge on any atom is 0.129 e. The van der Waals surface area contributed by atoms with E-state index >= 15 is 0 Å². The van der Waals surface area contributed by atoms with Crippen molar-refractivity contribution in [1.29, 1.82) is 0 Å². The summed E-state index contributed by atoms with van der Waals surface area (Å²) in [6, 6.07) is 0. The van der Waals surface area contributed by atoms with Crippen LogP contribution in [-0.2, 0) is 4.79 Å². The van der Waals surface area contributed by atoms with Crippen LogP contribution in [0.5, 0.6) is 0 Å². The van der Waals surface area contributed by atoms with E-state index in [4.69, 9.17) is 0 Å². The van der Waals surface area contributed by atoms with E-state index in [1.807, 2.05) is 0 Å². The molecule has 1 atom stereocenters.